The van der Waals surface area contributed by atoms with Crippen molar-refractivity contribution in [2.75, 3.05) is 11.9 Å². The van der Waals surface area contributed by atoms with Crippen molar-refractivity contribution in [3.05, 3.63) is 51.0 Å². The fourth-order valence-electron chi connectivity index (χ4n) is 1.56. The molecule has 0 aliphatic carbocycles. The van der Waals surface area contributed by atoms with Gasteiger partial charge in [-0.3, -0.25) is 10.1 Å². The predicted molar refractivity (Wildman–Crippen MR) is 71.6 cm³/mol. The minimum Gasteiger partial charge on any atom is -0.379 e. The van der Waals surface area contributed by atoms with Gasteiger partial charge in [0.2, 0.25) is 0 Å². The molecule has 2 rings (SSSR count). The normalized spacial score (nSPS) is 10.3. The summed E-state index contributed by atoms with van der Waals surface area (Å²) in [6.45, 7) is 0.579. The molecule has 0 fully saturated rings. The SMILES string of the molecule is O=[N+]([O-])c1cc(Br)ccc1NCCc1ncc[nH]1. The Labute approximate surface area is 112 Å². The van der Waals surface area contributed by atoms with Gasteiger partial charge in [-0.2, -0.15) is 0 Å². The van der Waals surface area contributed by atoms with Crippen LogP contribution in [0.5, 0.6) is 0 Å². The number of halogens is 1. The van der Waals surface area contributed by atoms with E-state index in [1.54, 1.807) is 24.5 Å². The molecule has 1 heterocycles. The lowest BCUT2D eigenvalue weighted by Crippen LogP contribution is -2.07. The summed E-state index contributed by atoms with van der Waals surface area (Å²) in [6.07, 6.45) is 4.11. The van der Waals surface area contributed by atoms with E-state index >= 15 is 0 Å². The Balaban J connectivity index is 2.02. The molecular formula is C11H11BrN4O2. The first-order valence-electron chi connectivity index (χ1n) is 5.33. The van der Waals surface area contributed by atoms with Gasteiger partial charge < -0.3 is 10.3 Å². The van der Waals surface area contributed by atoms with Crippen LogP contribution < -0.4 is 5.32 Å². The van der Waals surface area contributed by atoms with Gasteiger partial charge in [0, 0.05) is 35.9 Å². The third kappa shape index (κ3) is 3.07. The number of benzene rings is 1. The van der Waals surface area contributed by atoms with Crippen LogP contribution in [0.3, 0.4) is 0 Å². The highest BCUT2D eigenvalue weighted by Gasteiger charge is 2.13. The number of rotatable bonds is 5. The van der Waals surface area contributed by atoms with Crippen molar-refractivity contribution in [1.29, 1.82) is 0 Å². The topological polar surface area (TPSA) is 83.8 Å². The average molecular weight is 311 g/mol. The highest BCUT2D eigenvalue weighted by molar-refractivity contribution is 9.10. The van der Waals surface area contributed by atoms with E-state index in [1.807, 2.05) is 0 Å². The molecule has 6 nitrogen and oxygen atoms in total. The molecule has 94 valence electrons. The van der Waals surface area contributed by atoms with E-state index in [4.69, 9.17) is 0 Å². The van der Waals surface area contributed by atoms with Gasteiger partial charge >= 0.3 is 0 Å². The molecule has 0 atom stereocenters. The zero-order chi connectivity index (χ0) is 13.0. The first kappa shape index (κ1) is 12.6. The van der Waals surface area contributed by atoms with E-state index in [9.17, 15) is 10.1 Å². The molecule has 0 saturated heterocycles. The second-order valence-corrected chi connectivity index (χ2v) is 4.55. The van der Waals surface area contributed by atoms with Crippen LogP contribution in [-0.2, 0) is 6.42 Å². The van der Waals surface area contributed by atoms with Crippen LogP contribution in [0.2, 0.25) is 0 Å². The Hall–Kier alpha value is -1.89. The smallest absolute Gasteiger partial charge is 0.293 e. The fourth-order valence-corrected chi connectivity index (χ4v) is 1.90. The van der Waals surface area contributed by atoms with Gasteiger partial charge in [0.15, 0.2) is 0 Å². The zero-order valence-electron chi connectivity index (χ0n) is 9.39. The van der Waals surface area contributed by atoms with Gasteiger partial charge in [-0.25, -0.2) is 4.98 Å². The number of H-pyrrole nitrogens is 1. The lowest BCUT2D eigenvalue weighted by molar-refractivity contribution is -0.384. The summed E-state index contributed by atoms with van der Waals surface area (Å²) in [4.78, 5) is 17.5. The zero-order valence-corrected chi connectivity index (χ0v) is 11.0. The maximum absolute atomic E-state index is 10.9. The Morgan fingerprint density at radius 2 is 2.33 bits per heavy atom. The van der Waals surface area contributed by atoms with Crippen molar-refractivity contribution in [2.24, 2.45) is 0 Å². The van der Waals surface area contributed by atoms with Crippen molar-refractivity contribution < 1.29 is 4.92 Å². The van der Waals surface area contributed by atoms with E-state index in [-0.39, 0.29) is 5.69 Å². The van der Waals surface area contributed by atoms with Crippen molar-refractivity contribution >= 4 is 27.3 Å². The molecule has 0 aliphatic rings. The number of aromatic nitrogens is 2. The standard InChI is InChI=1S/C11H11BrN4O2/c12-8-1-2-9(10(7-8)16(17)18)13-4-3-11-14-5-6-15-11/h1-2,5-7,13H,3-4H2,(H,14,15). The molecule has 1 aromatic heterocycles. The summed E-state index contributed by atoms with van der Waals surface area (Å²) < 4.78 is 0.686. The molecule has 1 aromatic carbocycles. The second kappa shape index (κ2) is 5.63. The Morgan fingerprint density at radius 1 is 1.50 bits per heavy atom. The average Bonchev–Trinajstić information content (AvgIpc) is 2.84. The number of nitrogens with zero attached hydrogens (tertiary/aromatic N) is 2. The van der Waals surface area contributed by atoms with Gasteiger partial charge in [-0.1, -0.05) is 15.9 Å². The number of nitro groups is 1. The quantitative estimate of drug-likeness (QED) is 0.657. The van der Waals surface area contributed by atoms with E-state index < -0.39 is 4.92 Å². The molecule has 0 spiro atoms. The van der Waals surface area contributed by atoms with Crippen LogP contribution >= 0.6 is 15.9 Å². The molecule has 0 saturated carbocycles. The molecular weight excluding hydrogens is 300 g/mol. The van der Waals surface area contributed by atoms with Crippen LogP contribution in [0, 0.1) is 10.1 Å². The first-order valence-corrected chi connectivity index (χ1v) is 6.12. The van der Waals surface area contributed by atoms with Crippen LogP contribution in [0.4, 0.5) is 11.4 Å². The maximum Gasteiger partial charge on any atom is 0.293 e. The maximum atomic E-state index is 10.9. The van der Waals surface area contributed by atoms with Gasteiger partial charge in [-0.05, 0) is 12.1 Å². The summed E-state index contributed by atoms with van der Waals surface area (Å²) in [7, 11) is 0. The summed E-state index contributed by atoms with van der Waals surface area (Å²) in [5.41, 5.74) is 0.568. The number of anilines is 1. The van der Waals surface area contributed by atoms with Gasteiger partial charge in [0.25, 0.3) is 5.69 Å². The minimum atomic E-state index is -0.403. The summed E-state index contributed by atoms with van der Waals surface area (Å²) in [6, 6.07) is 4.93. The number of imidazole rings is 1. The number of nitro benzene ring substituents is 1. The van der Waals surface area contributed by atoms with E-state index in [0.717, 1.165) is 5.82 Å². The largest absolute Gasteiger partial charge is 0.379 e. The van der Waals surface area contributed by atoms with Gasteiger partial charge in [0.05, 0.1) is 4.92 Å². The second-order valence-electron chi connectivity index (χ2n) is 3.63. The number of aromatic amines is 1. The molecule has 18 heavy (non-hydrogen) atoms. The van der Waals surface area contributed by atoms with Crippen molar-refractivity contribution in [3.63, 3.8) is 0 Å². The summed E-state index contributed by atoms with van der Waals surface area (Å²) in [5, 5.41) is 13.9. The summed E-state index contributed by atoms with van der Waals surface area (Å²) >= 11 is 3.22. The number of nitrogens with one attached hydrogen (secondary N) is 2. The van der Waals surface area contributed by atoms with Crippen LogP contribution in [0.15, 0.2) is 35.1 Å². The minimum absolute atomic E-state index is 0.0591. The first-order chi connectivity index (χ1) is 8.66. The van der Waals surface area contributed by atoms with Crippen molar-refractivity contribution in [1.82, 2.24) is 9.97 Å². The molecule has 0 aliphatic heterocycles. The van der Waals surface area contributed by atoms with Crippen molar-refractivity contribution in [3.8, 4) is 0 Å². The Kier molecular flexibility index (Phi) is 3.93. The Morgan fingerprint density at radius 3 is 3.00 bits per heavy atom. The van der Waals surface area contributed by atoms with Gasteiger partial charge in [0.1, 0.15) is 11.5 Å². The molecule has 2 N–H and O–H groups in total. The molecule has 0 unspecified atom stereocenters. The third-order valence-electron chi connectivity index (χ3n) is 2.39. The monoisotopic (exact) mass is 310 g/mol. The lowest BCUT2D eigenvalue weighted by Gasteiger charge is -2.06. The number of hydrogen-bond acceptors (Lipinski definition) is 4. The van der Waals surface area contributed by atoms with Crippen LogP contribution in [0.25, 0.3) is 0 Å². The van der Waals surface area contributed by atoms with Crippen molar-refractivity contribution in [2.45, 2.75) is 6.42 Å². The summed E-state index contributed by atoms with van der Waals surface area (Å²) in [5.74, 6) is 0.849. The highest BCUT2D eigenvalue weighted by atomic mass is 79.9. The van der Waals surface area contributed by atoms with E-state index in [2.05, 4.69) is 31.2 Å². The molecule has 0 radical (unpaired) electrons. The highest BCUT2D eigenvalue weighted by Crippen LogP contribution is 2.27. The van der Waals surface area contributed by atoms with E-state index in [1.165, 1.54) is 6.07 Å². The third-order valence-corrected chi connectivity index (χ3v) is 2.88. The van der Waals surface area contributed by atoms with Crippen LogP contribution in [0.1, 0.15) is 5.82 Å². The lowest BCUT2D eigenvalue weighted by atomic mass is 10.2. The molecule has 0 bridgehead atoms. The molecule has 0 amide bonds. The Bertz CT molecular complexity index is 542. The predicted octanol–water partition coefficient (Wildman–Crippen LogP) is 2.74. The van der Waals surface area contributed by atoms with E-state index in [0.29, 0.717) is 23.1 Å². The molecule has 7 heteroatoms. The number of hydrogen-bond donors (Lipinski definition) is 2. The fraction of sp³-hybridized carbons (Fsp3) is 0.182. The molecule has 2 aromatic rings. The van der Waals surface area contributed by atoms with Gasteiger partial charge in [-0.15, -0.1) is 0 Å². The van der Waals surface area contributed by atoms with Crippen LogP contribution in [-0.4, -0.2) is 21.4 Å².